The molecule has 0 unspecified atom stereocenters. The Morgan fingerprint density at radius 1 is 1.25 bits per heavy atom. The van der Waals surface area contributed by atoms with Crippen LogP contribution >= 0.6 is 0 Å². The van der Waals surface area contributed by atoms with Gasteiger partial charge in [-0.15, -0.1) is 0 Å². The quantitative estimate of drug-likeness (QED) is 0.281. The van der Waals surface area contributed by atoms with Crippen molar-refractivity contribution in [3.63, 3.8) is 0 Å². The van der Waals surface area contributed by atoms with Crippen LogP contribution in [-0.2, 0) is 0 Å². The van der Waals surface area contributed by atoms with Gasteiger partial charge in [-0.25, -0.2) is 4.74 Å². The van der Waals surface area contributed by atoms with E-state index in [1.165, 1.54) is 13.3 Å². The molecule has 1 aromatic carbocycles. The molecule has 0 aliphatic heterocycles. The predicted molar refractivity (Wildman–Crippen MR) is 51.1 cm³/mol. The van der Waals surface area contributed by atoms with Gasteiger partial charge in [0.2, 0.25) is 0 Å². The smallest absolute Gasteiger partial charge is 0.174 e. The van der Waals surface area contributed by atoms with Crippen LogP contribution in [0.25, 0.3) is 6.08 Å². The molecular formula is C10H11NO. The topological polar surface area (TPSA) is 26.1 Å². The molecule has 0 saturated carbocycles. The van der Waals surface area contributed by atoms with Crippen LogP contribution < -0.4 is 0 Å². The number of nitrogens with zero attached hydrogens (tertiary/aromatic N) is 1. The van der Waals surface area contributed by atoms with E-state index in [0.29, 0.717) is 0 Å². The van der Waals surface area contributed by atoms with E-state index in [0.717, 1.165) is 10.3 Å². The molecule has 0 atom stereocenters. The molecule has 0 fully saturated rings. The normalized spacial score (nSPS) is 12.2. The molecule has 0 heterocycles. The minimum absolute atomic E-state index is 0.763. The molecule has 12 heavy (non-hydrogen) atoms. The molecule has 2 heteroatoms. The monoisotopic (exact) mass is 161 g/mol. The molecule has 62 valence electrons. The fourth-order valence-electron chi connectivity index (χ4n) is 0.839. The predicted octanol–water partition coefficient (Wildman–Crippen LogP) is 1.91. The maximum atomic E-state index is 10.4. The lowest BCUT2D eigenvalue weighted by molar-refractivity contribution is -0.416. The number of hydrogen-bond donors (Lipinski definition) is 0. The highest BCUT2D eigenvalue weighted by atomic mass is 16.5. The lowest BCUT2D eigenvalue weighted by atomic mass is 10.2. The van der Waals surface area contributed by atoms with Crippen molar-refractivity contribution in [2.45, 2.75) is 0 Å². The van der Waals surface area contributed by atoms with Crippen LogP contribution in [-0.4, -0.2) is 18.0 Å². The minimum Gasteiger partial charge on any atom is -0.624 e. The van der Waals surface area contributed by atoms with Crippen LogP contribution in [0.2, 0.25) is 0 Å². The Bertz CT molecular complexity index is 284. The van der Waals surface area contributed by atoms with Crippen molar-refractivity contribution in [3.05, 3.63) is 47.2 Å². The average Bonchev–Trinajstić information content (AvgIpc) is 2.05. The van der Waals surface area contributed by atoms with Gasteiger partial charge in [-0.05, 0) is 11.6 Å². The minimum atomic E-state index is 0.763. The van der Waals surface area contributed by atoms with Gasteiger partial charge in [-0.2, -0.15) is 0 Å². The Balaban J connectivity index is 2.64. The van der Waals surface area contributed by atoms with Crippen molar-refractivity contribution in [3.8, 4) is 0 Å². The molecule has 0 amide bonds. The summed E-state index contributed by atoms with van der Waals surface area (Å²) in [5.41, 5.74) is 1.09. The molecule has 0 bridgehead atoms. The van der Waals surface area contributed by atoms with Gasteiger partial charge in [0.15, 0.2) is 6.21 Å². The Morgan fingerprint density at radius 3 is 2.50 bits per heavy atom. The fourth-order valence-corrected chi connectivity index (χ4v) is 0.839. The Kier molecular flexibility index (Phi) is 3.08. The summed E-state index contributed by atoms with van der Waals surface area (Å²) in [4.78, 5) is 0. The van der Waals surface area contributed by atoms with Gasteiger partial charge in [-0.3, -0.25) is 0 Å². The van der Waals surface area contributed by atoms with Crippen LogP contribution in [0.4, 0.5) is 0 Å². The number of hydrogen-bond acceptors (Lipinski definition) is 1. The molecule has 0 aliphatic rings. The molecule has 0 N–H and O–H groups in total. The largest absolute Gasteiger partial charge is 0.624 e. The Labute approximate surface area is 72.1 Å². The number of rotatable bonds is 2. The summed E-state index contributed by atoms with van der Waals surface area (Å²) in [6.07, 6.45) is 5.07. The van der Waals surface area contributed by atoms with E-state index >= 15 is 0 Å². The van der Waals surface area contributed by atoms with Crippen LogP contribution in [0.3, 0.4) is 0 Å². The second-order valence-electron chi connectivity index (χ2n) is 2.47. The zero-order chi connectivity index (χ0) is 8.81. The van der Waals surface area contributed by atoms with Gasteiger partial charge in [0.25, 0.3) is 0 Å². The summed E-state index contributed by atoms with van der Waals surface area (Å²) in [7, 11) is 1.45. The number of hydroxylamine groups is 1. The first-order chi connectivity index (χ1) is 5.79. The standard InChI is InChI=1S/C10H11NO/c1-11(12)9-5-8-10-6-3-2-4-7-10/h2-9H,1H3/b8-5+,11-9+. The van der Waals surface area contributed by atoms with Crippen molar-refractivity contribution in [1.82, 2.24) is 0 Å². The first-order valence-electron chi connectivity index (χ1n) is 3.75. The van der Waals surface area contributed by atoms with Crippen molar-refractivity contribution in [2.75, 3.05) is 7.05 Å². The van der Waals surface area contributed by atoms with E-state index in [1.807, 2.05) is 36.4 Å². The van der Waals surface area contributed by atoms with Crippen molar-refractivity contribution in [1.29, 1.82) is 0 Å². The van der Waals surface area contributed by atoms with Crippen LogP contribution in [0.5, 0.6) is 0 Å². The maximum absolute atomic E-state index is 10.4. The summed E-state index contributed by atoms with van der Waals surface area (Å²) in [6.45, 7) is 0. The molecular weight excluding hydrogens is 150 g/mol. The van der Waals surface area contributed by atoms with Crippen LogP contribution in [0.1, 0.15) is 5.56 Å². The van der Waals surface area contributed by atoms with E-state index in [4.69, 9.17) is 0 Å². The molecule has 0 aromatic heterocycles. The third-order valence-electron chi connectivity index (χ3n) is 1.38. The number of allylic oxidation sites excluding steroid dienone is 1. The molecule has 2 nitrogen and oxygen atoms in total. The lowest BCUT2D eigenvalue weighted by Crippen LogP contribution is -1.91. The highest BCUT2D eigenvalue weighted by Gasteiger charge is 1.81. The third kappa shape index (κ3) is 3.01. The summed E-state index contributed by atoms with van der Waals surface area (Å²) in [6, 6.07) is 9.84. The first-order valence-corrected chi connectivity index (χ1v) is 3.75. The van der Waals surface area contributed by atoms with Gasteiger partial charge < -0.3 is 5.21 Å². The highest BCUT2D eigenvalue weighted by molar-refractivity contribution is 5.74. The highest BCUT2D eigenvalue weighted by Crippen LogP contribution is 1.99. The van der Waals surface area contributed by atoms with Gasteiger partial charge in [-0.1, -0.05) is 30.3 Å². The van der Waals surface area contributed by atoms with Crippen molar-refractivity contribution < 1.29 is 4.74 Å². The van der Waals surface area contributed by atoms with Gasteiger partial charge in [0.05, 0.1) is 0 Å². The zero-order valence-corrected chi connectivity index (χ0v) is 6.97. The molecule has 0 aliphatic carbocycles. The molecule has 1 rings (SSSR count). The summed E-state index contributed by atoms with van der Waals surface area (Å²) < 4.78 is 0.763. The number of benzene rings is 1. The molecule has 1 aromatic rings. The van der Waals surface area contributed by atoms with Crippen LogP contribution in [0, 0.1) is 5.21 Å². The van der Waals surface area contributed by atoms with E-state index in [-0.39, 0.29) is 0 Å². The third-order valence-corrected chi connectivity index (χ3v) is 1.38. The van der Waals surface area contributed by atoms with E-state index < -0.39 is 0 Å². The Morgan fingerprint density at radius 2 is 1.92 bits per heavy atom. The summed E-state index contributed by atoms with van der Waals surface area (Å²) >= 11 is 0. The molecule has 0 radical (unpaired) electrons. The summed E-state index contributed by atoms with van der Waals surface area (Å²) in [5, 5.41) is 10.4. The van der Waals surface area contributed by atoms with Gasteiger partial charge in [0, 0.05) is 6.08 Å². The first kappa shape index (κ1) is 8.53. The van der Waals surface area contributed by atoms with Gasteiger partial charge in [0.1, 0.15) is 7.05 Å². The van der Waals surface area contributed by atoms with E-state index in [9.17, 15) is 5.21 Å². The Hall–Kier alpha value is -1.57. The second kappa shape index (κ2) is 4.34. The van der Waals surface area contributed by atoms with Crippen molar-refractivity contribution in [2.24, 2.45) is 0 Å². The molecule has 0 spiro atoms. The second-order valence-corrected chi connectivity index (χ2v) is 2.47. The lowest BCUT2D eigenvalue weighted by Gasteiger charge is -1.90. The van der Waals surface area contributed by atoms with E-state index in [1.54, 1.807) is 6.08 Å². The SMILES string of the molecule is C/[N+]([O-])=C\C=C\c1ccccc1. The zero-order valence-electron chi connectivity index (χ0n) is 6.97. The summed E-state index contributed by atoms with van der Waals surface area (Å²) in [5.74, 6) is 0. The fraction of sp³-hybridized carbons (Fsp3) is 0.100. The molecule has 0 saturated heterocycles. The van der Waals surface area contributed by atoms with Crippen molar-refractivity contribution >= 4 is 12.3 Å². The average molecular weight is 161 g/mol. The van der Waals surface area contributed by atoms with E-state index in [2.05, 4.69) is 0 Å². The van der Waals surface area contributed by atoms with Crippen LogP contribution in [0.15, 0.2) is 36.4 Å². The van der Waals surface area contributed by atoms with Gasteiger partial charge >= 0.3 is 0 Å². The maximum Gasteiger partial charge on any atom is 0.174 e.